The normalized spacial score (nSPS) is 11.9. The van der Waals surface area contributed by atoms with Crippen molar-refractivity contribution in [2.75, 3.05) is 27.3 Å². The Kier molecular flexibility index (Phi) is 7.02. The molecule has 0 radical (unpaired) electrons. The highest BCUT2D eigenvalue weighted by atomic mass is 35.5. The van der Waals surface area contributed by atoms with Gasteiger partial charge in [0.25, 0.3) is 5.91 Å². The molecule has 4 aromatic rings. The zero-order valence-electron chi connectivity index (χ0n) is 18.8. The number of nitrogens with zero attached hydrogens (tertiary/aromatic N) is 2. The maximum Gasteiger partial charge on any atom is 0.251 e. The molecule has 1 atom stereocenters. The van der Waals surface area contributed by atoms with Crippen molar-refractivity contribution in [2.45, 2.75) is 6.10 Å². The summed E-state index contributed by atoms with van der Waals surface area (Å²) in [6.45, 7) is 0.204. The van der Waals surface area contributed by atoms with Crippen LogP contribution in [0, 0.1) is 0 Å². The lowest BCUT2D eigenvalue weighted by Crippen LogP contribution is -2.36. The van der Waals surface area contributed by atoms with E-state index < -0.39 is 6.10 Å². The highest BCUT2D eigenvalue weighted by molar-refractivity contribution is 6.32. The van der Waals surface area contributed by atoms with Gasteiger partial charge >= 0.3 is 0 Å². The second kappa shape index (κ2) is 10.1. The molecule has 176 valence electrons. The van der Waals surface area contributed by atoms with Crippen molar-refractivity contribution in [1.29, 1.82) is 0 Å². The van der Waals surface area contributed by atoms with Crippen LogP contribution in [0.4, 0.5) is 0 Å². The molecule has 4 rings (SSSR count). The minimum absolute atomic E-state index is 0.0927. The molecule has 1 amide bonds. The van der Waals surface area contributed by atoms with E-state index in [0.717, 1.165) is 22.3 Å². The fourth-order valence-electron chi connectivity index (χ4n) is 3.56. The van der Waals surface area contributed by atoms with Crippen LogP contribution in [0.3, 0.4) is 0 Å². The number of benzene rings is 2. The summed E-state index contributed by atoms with van der Waals surface area (Å²) in [5, 5.41) is 12.6. The Bertz CT molecular complexity index is 1320. The Balaban J connectivity index is 1.60. The summed E-state index contributed by atoms with van der Waals surface area (Å²) in [7, 11) is 3.14. The molecule has 4 N–H and O–H groups in total. The predicted octanol–water partition coefficient (Wildman–Crippen LogP) is 3.39. The first-order chi connectivity index (χ1) is 16.4. The van der Waals surface area contributed by atoms with Crippen LogP contribution in [-0.4, -0.2) is 53.8 Å². The Labute approximate surface area is 201 Å². The number of amides is 1. The third kappa shape index (κ3) is 4.84. The first kappa shape index (κ1) is 23.6. The van der Waals surface area contributed by atoms with Gasteiger partial charge < -0.3 is 30.0 Å². The number of imidazole rings is 1. The maximum atomic E-state index is 12.2. The summed E-state index contributed by atoms with van der Waals surface area (Å²) in [6.07, 6.45) is 3.07. The molecule has 1 unspecified atom stereocenters. The Hall–Kier alpha value is -3.59. The highest BCUT2D eigenvalue weighted by Gasteiger charge is 2.15. The molecule has 2 aromatic heterocycles. The predicted molar refractivity (Wildman–Crippen MR) is 132 cm³/mol. The molecule has 2 aromatic carbocycles. The quantitative estimate of drug-likeness (QED) is 0.356. The number of pyridine rings is 1. The minimum atomic E-state index is -0.761. The lowest BCUT2D eigenvalue weighted by atomic mass is 10.0. The Morgan fingerprint density at radius 1 is 1.12 bits per heavy atom. The van der Waals surface area contributed by atoms with Gasteiger partial charge in [0, 0.05) is 42.7 Å². The maximum absolute atomic E-state index is 12.2. The molecule has 0 aliphatic heterocycles. The smallest absolute Gasteiger partial charge is 0.251 e. The number of hydrogen-bond acceptors (Lipinski definition) is 6. The Morgan fingerprint density at radius 2 is 1.85 bits per heavy atom. The van der Waals surface area contributed by atoms with Gasteiger partial charge in [0.15, 0.2) is 0 Å². The molecule has 9 heteroatoms. The van der Waals surface area contributed by atoms with Gasteiger partial charge in [0.05, 0.1) is 31.0 Å². The number of methoxy groups -OCH3 is 2. The number of ether oxygens (including phenoxy) is 2. The second-order valence-corrected chi connectivity index (χ2v) is 8.08. The van der Waals surface area contributed by atoms with Crippen LogP contribution >= 0.6 is 11.6 Å². The number of fused-ring (bicyclic) bond motifs is 1. The number of carbonyl (C=O) groups is 1. The van der Waals surface area contributed by atoms with Crippen LogP contribution in [0.25, 0.3) is 28.0 Å². The Morgan fingerprint density at radius 3 is 2.53 bits per heavy atom. The zero-order valence-corrected chi connectivity index (χ0v) is 19.5. The summed E-state index contributed by atoms with van der Waals surface area (Å²) < 4.78 is 12.7. The molecule has 0 saturated carbocycles. The van der Waals surface area contributed by atoms with Crippen molar-refractivity contribution in [1.82, 2.24) is 14.7 Å². The van der Waals surface area contributed by atoms with E-state index in [1.54, 1.807) is 38.5 Å². The fourth-order valence-corrected chi connectivity index (χ4v) is 3.80. The molecular weight excluding hydrogens is 456 g/mol. The average molecular weight is 481 g/mol. The minimum Gasteiger partial charge on any atom is -0.496 e. The molecule has 0 spiro atoms. The zero-order chi connectivity index (χ0) is 24.2. The first-order valence-electron chi connectivity index (χ1n) is 10.6. The number of aliphatic hydroxyl groups is 1. The molecular formula is C25H25ClN4O4. The highest BCUT2D eigenvalue weighted by Crippen LogP contribution is 2.38. The van der Waals surface area contributed by atoms with Crippen molar-refractivity contribution < 1.29 is 19.4 Å². The standard InChI is InChI=1S/C25H25ClN4O4/c1-33-22-11-23(34-2)20(26)10-19(22)21-14-30-8-7-17(9-24(30)29-21)15-3-5-16(6-4-15)25(32)28-13-18(31)12-27/h3-11,14,18,31H,12-13,27H2,1-2H3,(H,28,32). The number of nitrogens with one attached hydrogen (secondary N) is 1. The van der Waals surface area contributed by atoms with Crippen LogP contribution < -0.4 is 20.5 Å². The molecule has 2 heterocycles. The molecule has 34 heavy (non-hydrogen) atoms. The lowest BCUT2D eigenvalue weighted by molar-refractivity contribution is 0.0920. The summed E-state index contributed by atoms with van der Waals surface area (Å²) >= 11 is 6.33. The number of aromatic nitrogens is 2. The van der Waals surface area contributed by atoms with Gasteiger partial charge in [0.1, 0.15) is 17.1 Å². The van der Waals surface area contributed by atoms with Crippen molar-refractivity contribution in [3.63, 3.8) is 0 Å². The van der Waals surface area contributed by atoms with E-state index in [1.807, 2.05) is 41.1 Å². The van der Waals surface area contributed by atoms with Crippen molar-refractivity contribution in [3.05, 3.63) is 71.5 Å². The van der Waals surface area contributed by atoms with Crippen LogP contribution in [0.5, 0.6) is 11.5 Å². The van der Waals surface area contributed by atoms with Gasteiger partial charge in [0.2, 0.25) is 0 Å². The summed E-state index contributed by atoms with van der Waals surface area (Å²) in [4.78, 5) is 17.0. The van der Waals surface area contributed by atoms with Gasteiger partial charge in [-0.25, -0.2) is 4.98 Å². The van der Waals surface area contributed by atoms with E-state index in [1.165, 1.54) is 0 Å². The fraction of sp³-hybridized carbons (Fsp3) is 0.200. The molecule has 8 nitrogen and oxygen atoms in total. The number of carbonyl (C=O) groups excluding carboxylic acids is 1. The molecule has 0 aliphatic carbocycles. The largest absolute Gasteiger partial charge is 0.496 e. The van der Waals surface area contributed by atoms with E-state index >= 15 is 0 Å². The number of hydrogen-bond donors (Lipinski definition) is 3. The number of aliphatic hydroxyl groups excluding tert-OH is 1. The molecule has 0 aliphatic rings. The van der Waals surface area contributed by atoms with Crippen LogP contribution in [0.2, 0.25) is 5.02 Å². The van der Waals surface area contributed by atoms with Gasteiger partial charge in [-0.05, 0) is 41.5 Å². The van der Waals surface area contributed by atoms with E-state index in [2.05, 4.69) is 5.32 Å². The number of nitrogens with two attached hydrogens (primary N) is 1. The van der Waals surface area contributed by atoms with Crippen molar-refractivity contribution >= 4 is 23.2 Å². The van der Waals surface area contributed by atoms with Crippen LogP contribution in [0.1, 0.15) is 10.4 Å². The van der Waals surface area contributed by atoms with E-state index in [4.69, 9.17) is 31.8 Å². The molecule has 0 bridgehead atoms. The SMILES string of the molecule is COc1cc(OC)c(-c2cn3ccc(-c4ccc(C(=O)NCC(O)CN)cc4)cc3n2)cc1Cl. The molecule has 0 fully saturated rings. The van der Waals surface area contributed by atoms with E-state index in [9.17, 15) is 9.90 Å². The molecule has 0 saturated heterocycles. The monoisotopic (exact) mass is 480 g/mol. The first-order valence-corrected chi connectivity index (χ1v) is 11.0. The van der Waals surface area contributed by atoms with Gasteiger partial charge in [-0.2, -0.15) is 0 Å². The van der Waals surface area contributed by atoms with E-state index in [-0.39, 0.29) is 19.0 Å². The van der Waals surface area contributed by atoms with Crippen LogP contribution in [0.15, 0.2) is 60.9 Å². The summed E-state index contributed by atoms with van der Waals surface area (Å²) in [5.74, 6) is 0.873. The van der Waals surface area contributed by atoms with Gasteiger partial charge in [-0.15, -0.1) is 0 Å². The summed E-state index contributed by atoms with van der Waals surface area (Å²) in [6, 6.07) is 14.7. The third-order valence-electron chi connectivity index (χ3n) is 5.46. The third-order valence-corrected chi connectivity index (χ3v) is 5.76. The summed E-state index contributed by atoms with van der Waals surface area (Å²) in [5.41, 5.74) is 9.98. The number of rotatable bonds is 8. The average Bonchev–Trinajstić information content (AvgIpc) is 3.30. The topological polar surface area (TPSA) is 111 Å². The van der Waals surface area contributed by atoms with Crippen molar-refractivity contribution in [3.8, 4) is 33.9 Å². The van der Waals surface area contributed by atoms with Crippen molar-refractivity contribution in [2.24, 2.45) is 5.73 Å². The lowest BCUT2D eigenvalue weighted by Gasteiger charge is -2.10. The van der Waals surface area contributed by atoms with Gasteiger partial charge in [-0.1, -0.05) is 23.7 Å². The second-order valence-electron chi connectivity index (χ2n) is 7.67. The van der Waals surface area contributed by atoms with E-state index in [0.29, 0.717) is 27.8 Å². The number of halogens is 1. The van der Waals surface area contributed by atoms with Crippen LogP contribution in [-0.2, 0) is 0 Å². The van der Waals surface area contributed by atoms with Gasteiger partial charge in [-0.3, -0.25) is 4.79 Å².